The van der Waals surface area contributed by atoms with Crippen molar-refractivity contribution in [2.24, 2.45) is 0 Å². The zero-order chi connectivity index (χ0) is 65.6. The van der Waals surface area contributed by atoms with E-state index < -0.39 is 0 Å². The smallest absolute Gasteiger partial charge is 0.00130 e. The highest BCUT2D eigenvalue weighted by Crippen LogP contribution is 2.51. The predicted molar refractivity (Wildman–Crippen MR) is 401 cm³/mol. The maximum atomic E-state index is 2.47. The molecule has 88 heavy (non-hydrogen) atoms. The Hall–Kier alpha value is -6.92. The Morgan fingerprint density at radius 3 is 0.614 bits per heavy atom. The standard InChI is InChI=1S/2C28H18.4C4H11N.6C2H6/c1-3-7-19-14-25-21(9-17(19)5-1)11-23-13-24-12-22-10-18-6-2-4-8-20(18)15-26(22)28(24)16-27(23)25;1-3-7-19-15-25-23(11-17(19)5-1)13-21-9-10-22-14-24-12-18-6-2-4-8-20(18)16-26(24)28(22)27(21)25;4*1-4-5(2)3;6*1-2/h1-10,13-16H,11-12H2;1-12,15-16H,13-14H2;4*4H2,1-3H3;6*1-2H3. The molecule has 0 N–H and O–H groups in total. The fourth-order valence-corrected chi connectivity index (χ4v) is 10.6. The highest BCUT2D eigenvalue weighted by atomic mass is 15.1. The van der Waals surface area contributed by atoms with E-state index in [9.17, 15) is 0 Å². The maximum Gasteiger partial charge on any atom is -0.00130 e. The molecule has 0 bridgehead atoms. The average Bonchev–Trinajstić information content (AvgIpc) is 2.33. The minimum Gasteiger partial charge on any atom is -0.310 e. The van der Waals surface area contributed by atoms with Crippen LogP contribution < -0.4 is 0 Å². The first kappa shape index (κ1) is 75.3. The van der Waals surface area contributed by atoms with Crippen molar-refractivity contribution in [2.45, 2.75) is 136 Å². The number of rotatable bonds is 4. The third kappa shape index (κ3) is 19.3. The topological polar surface area (TPSA) is 13.0 Å². The molecule has 0 spiro atoms. The highest BCUT2D eigenvalue weighted by Gasteiger charge is 2.30. The predicted octanol–water partition coefficient (Wildman–Crippen LogP) is 22.7. The summed E-state index contributed by atoms with van der Waals surface area (Å²) in [4.78, 5) is 8.50. The Bertz CT molecular complexity index is 3420. The SMILES string of the molecule is CC.CC.CC.CC.CC.CC.CCN(C)C.CCN(C)C.CCN(C)C.CCN(C)C.c1ccc2cc3c(cc2c1)Cc1cc2c(cc1-3)-c1cc3ccccc3cc1C2.c1ccc2cc3c(cc2c1)Cc1ccc2c(c1-3)-c1cc3ccccc3cc1C2. The van der Waals surface area contributed by atoms with E-state index in [1.807, 2.05) is 83.1 Å². The van der Waals surface area contributed by atoms with E-state index in [1.165, 1.54) is 132 Å². The largest absolute Gasteiger partial charge is 0.310 e. The van der Waals surface area contributed by atoms with Gasteiger partial charge in [0.2, 0.25) is 0 Å². The van der Waals surface area contributed by atoms with Gasteiger partial charge in [-0.25, -0.2) is 0 Å². The fraction of sp³-hybridized carbons (Fsp3) is 0.381. The van der Waals surface area contributed by atoms with Gasteiger partial charge in [-0.15, -0.1) is 0 Å². The lowest BCUT2D eigenvalue weighted by Gasteiger charge is -2.11. The van der Waals surface area contributed by atoms with Crippen LogP contribution in [0.2, 0.25) is 0 Å². The van der Waals surface area contributed by atoms with E-state index in [0.717, 1.165) is 51.9 Å². The summed E-state index contributed by atoms with van der Waals surface area (Å²) >= 11 is 0. The van der Waals surface area contributed by atoms with Crippen molar-refractivity contribution >= 4 is 43.1 Å². The molecule has 472 valence electrons. The van der Waals surface area contributed by atoms with Gasteiger partial charge in [0.05, 0.1) is 0 Å². The van der Waals surface area contributed by atoms with Gasteiger partial charge in [-0.2, -0.15) is 0 Å². The highest BCUT2D eigenvalue weighted by molar-refractivity contribution is 6.02. The van der Waals surface area contributed by atoms with Gasteiger partial charge >= 0.3 is 0 Å². The molecule has 10 aromatic rings. The molecule has 0 heterocycles. The first-order chi connectivity index (χ1) is 42.8. The van der Waals surface area contributed by atoms with Crippen molar-refractivity contribution < 1.29 is 0 Å². The molecule has 14 rings (SSSR count). The van der Waals surface area contributed by atoms with Gasteiger partial charge in [-0.1, -0.05) is 250 Å². The number of hydrogen-bond donors (Lipinski definition) is 0. The molecule has 0 saturated heterocycles. The molecule has 0 fully saturated rings. The first-order valence-electron chi connectivity index (χ1n) is 33.7. The lowest BCUT2D eigenvalue weighted by Crippen LogP contribution is -2.08. The van der Waals surface area contributed by atoms with Gasteiger partial charge in [0, 0.05) is 0 Å². The van der Waals surface area contributed by atoms with Crippen molar-refractivity contribution in [1.29, 1.82) is 0 Å². The number of nitrogens with zero attached hydrogens (tertiary/aromatic N) is 4. The third-order valence-electron chi connectivity index (χ3n) is 15.8. The molecule has 0 aromatic heterocycles. The molecule has 4 nitrogen and oxygen atoms in total. The Balaban J connectivity index is 0.000000314. The zero-order valence-corrected chi connectivity index (χ0v) is 59.6. The van der Waals surface area contributed by atoms with E-state index in [2.05, 4.69) is 274 Å². The summed E-state index contributed by atoms with van der Waals surface area (Å²) < 4.78 is 0. The Morgan fingerprint density at radius 1 is 0.216 bits per heavy atom. The minimum absolute atomic E-state index is 1.05. The summed E-state index contributed by atoms with van der Waals surface area (Å²) in [5.41, 5.74) is 23.3. The minimum atomic E-state index is 1.05. The maximum absolute atomic E-state index is 2.47. The molecule has 4 heteroatoms. The first-order valence-corrected chi connectivity index (χ1v) is 33.7. The molecule has 0 aliphatic heterocycles. The lowest BCUT2D eigenvalue weighted by atomic mass is 9.92. The summed E-state index contributed by atoms with van der Waals surface area (Å²) in [5, 5.41) is 10.7. The van der Waals surface area contributed by atoms with Crippen LogP contribution in [0.15, 0.2) is 170 Å². The summed E-state index contributed by atoms with van der Waals surface area (Å²) in [5.74, 6) is 0. The van der Waals surface area contributed by atoms with Crippen LogP contribution in [0, 0.1) is 0 Å². The summed E-state index contributed by atoms with van der Waals surface area (Å²) in [6.07, 6.45) is 4.21. The zero-order valence-electron chi connectivity index (χ0n) is 59.6. The molecule has 10 aromatic carbocycles. The van der Waals surface area contributed by atoms with Crippen LogP contribution in [0.4, 0.5) is 0 Å². The summed E-state index contributed by atoms with van der Waals surface area (Å²) in [7, 11) is 16.4. The van der Waals surface area contributed by atoms with Crippen LogP contribution in [0.25, 0.3) is 87.6 Å². The van der Waals surface area contributed by atoms with Gasteiger partial charge < -0.3 is 19.6 Å². The molecule has 4 aliphatic rings. The van der Waals surface area contributed by atoms with Gasteiger partial charge in [0.25, 0.3) is 0 Å². The molecule has 0 amide bonds. The second kappa shape index (κ2) is 39.2. The normalized spacial score (nSPS) is 11.1. The summed E-state index contributed by atoms with van der Waals surface area (Å²) in [6.45, 7) is 37.1. The van der Waals surface area contributed by atoms with Crippen LogP contribution >= 0.6 is 0 Å². The lowest BCUT2D eigenvalue weighted by molar-refractivity contribution is 0.434. The molecule has 0 atom stereocenters. The van der Waals surface area contributed by atoms with Crippen LogP contribution in [0.5, 0.6) is 0 Å². The molecule has 0 radical (unpaired) electrons. The van der Waals surface area contributed by atoms with E-state index in [-0.39, 0.29) is 0 Å². The number of fused-ring (bicyclic) bond motifs is 17. The quantitative estimate of drug-likeness (QED) is 0.174. The van der Waals surface area contributed by atoms with Gasteiger partial charge in [-0.3, -0.25) is 0 Å². The molecular formula is C84H116N4. The van der Waals surface area contributed by atoms with E-state index in [1.54, 1.807) is 0 Å². The van der Waals surface area contributed by atoms with Crippen molar-refractivity contribution in [2.75, 3.05) is 82.6 Å². The van der Waals surface area contributed by atoms with Crippen molar-refractivity contribution in [1.82, 2.24) is 19.6 Å². The molecule has 0 saturated carbocycles. The summed E-state index contributed by atoms with van der Waals surface area (Å²) in [6, 6.07) is 63.7. The Morgan fingerprint density at radius 2 is 0.386 bits per heavy atom. The van der Waals surface area contributed by atoms with Crippen molar-refractivity contribution in [3.05, 3.63) is 214 Å². The van der Waals surface area contributed by atoms with E-state index in [4.69, 9.17) is 0 Å². The molecule has 4 aliphatic carbocycles. The second-order valence-corrected chi connectivity index (χ2v) is 22.0. The Labute approximate surface area is 537 Å². The van der Waals surface area contributed by atoms with Crippen LogP contribution in [0.1, 0.15) is 155 Å². The van der Waals surface area contributed by atoms with Gasteiger partial charge in [-0.05, 0) is 271 Å². The fourth-order valence-electron chi connectivity index (χ4n) is 10.6. The number of hydrogen-bond acceptors (Lipinski definition) is 4. The van der Waals surface area contributed by atoms with Crippen molar-refractivity contribution in [3.63, 3.8) is 0 Å². The monoisotopic (exact) mass is 1180 g/mol. The van der Waals surface area contributed by atoms with E-state index >= 15 is 0 Å². The molecule has 0 unspecified atom stereocenters. The van der Waals surface area contributed by atoms with Crippen molar-refractivity contribution in [3.8, 4) is 44.5 Å². The average molecular weight is 1180 g/mol. The molecular weight excluding hydrogens is 1060 g/mol. The number of benzene rings is 10. The van der Waals surface area contributed by atoms with Crippen LogP contribution in [-0.2, 0) is 25.7 Å². The van der Waals surface area contributed by atoms with Gasteiger partial charge in [0.15, 0.2) is 0 Å². The second-order valence-electron chi connectivity index (χ2n) is 22.0. The van der Waals surface area contributed by atoms with Gasteiger partial charge in [0.1, 0.15) is 0 Å². The third-order valence-corrected chi connectivity index (χ3v) is 15.8. The van der Waals surface area contributed by atoms with Crippen LogP contribution in [-0.4, -0.2) is 102 Å². The van der Waals surface area contributed by atoms with E-state index in [0.29, 0.717) is 0 Å². The Kier molecular flexibility index (Phi) is 33.5. The van der Waals surface area contributed by atoms with Crippen LogP contribution in [0.3, 0.4) is 0 Å².